The van der Waals surface area contributed by atoms with E-state index in [1.165, 1.54) is 5.56 Å². The molecular weight excluding hydrogens is 264 g/mol. The molecule has 1 amide bonds. The second-order valence-electron chi connectivity index (χ2n) is 5.28. The summed E-state index contributed by atoms with van der Waals surface area (Å²) in [5.41, 5.74) is 7.37. The second kappa shape index (κ2) is 6.37. The lowest BCUT2D eigenvalue weighted by atomic mass is 9.96. The van der Waals surface area contributed by atoms with Gasteiger partial charge in [-0.05, 0) is 31.4 Å². The molecule has 1 atom stereocenters. The van der Waals surface area contributed by atoms with Crippen molar-refractivity contribution >= 4 is 18.3 Å². The minimum Gasteiger partial charge on any atom is -0.363 e. The van der Waals surface area contributed by atoms with E-state index >= 15 is 0 Å². The SMILES string of the molecule is CC(C)(CN)NC(=O)C1OCCc2ccccc21.Cl. The molecule has 5 heteroatoms. The predicted octanol–water partition coefficient (Wildman–Crippen LogP) is 1.58. The molecule has 0 aliphatic carbocycles. The maximum atomic E-state index is 12.2. The van der Waals surface area contributed by atoms with Gasteiger partial charge in [-0.15, -0.1) is 12.4 Å². The van der Waals surface area contributed by atoms with Gasteiger partial charge in [0.05, 0.1) is 6.61 Å². The molecular formula is C14H21ClN2O2. The molecule has 1 aromatic rings. The first-order valence-electron chi connectivity index (χ1n) is 6.25. The van der Waals surface area contributed by atoms with E-state index in [9.17, 15) is 4.79 Å². The van der Waals surface area contributed by atoms with Crippen LogP contribution in [0.1, 0.15) is 31.1 Å². The third-order valence-electron chi connectivity index (χ3n) is 3.20. The molecule has 1 aromatic carbocycles. The lowest BCUT2D eigenvalue weighted by Crippen LogP contribution is -2.51. The second-order valence-corrected chi connectivity index (χ2v) is 5.28. The van der Waals surface area contributed by atoms with Gasteiger partial charge in [0, 0.05) is 12.1 Å². The minimum atomic E-state index is -0.513. The zero-order chi connectivity index (χ0) is 13.2. The Morgan fingerprint density at radius 3 is 2.84 bits per heavy atom. The molecule has 3 N–H and O–H groups in total. The van der Waals surface area contributed by atoms with Crippen LogP contribution in [-0.4, -0.2) is 24.6 Å². The van der Waals surface area contributed by atoms with Crippen molar-refractivity contribution in [2.75, 3.05) is 13.2 Å². The van der Waals surface area contributed by atoms with Gasteiger partial charge < -0.3 is 15.8 Å². The first kappa shape index (κ1) is 16.0. The quantitative estimate of drug-likeness (QED) is 0.886. The smallest absolute Gasteiger partial charge is 0.254 e. The summed E-state index contributed by atoms with van der Waals surface area (Å²) in [5, 5.41) is 2.93. The van der Waals surface area contributed by atoms with Crippen LogP contribution in [0.4, 0.5) is 0 Å². The monoisotopic (exact) mass is 284 g/mol. The van der Waals surface area contributed by atoms with Crippen LogP contribution in [0.15, 0.2) is 24.3 Å². The van der Waals surface area contributed by atoms with Gasteiger partial charge in [-0.2, -0.15) is 0 Å². The fraction of sp³-hybridized carbons (Fsp3) is 0.500. The topological polar surface area (TPSA) is 64.3 Å². The number of hydrogen-bond donors (Lipinski definition) is 2. The van der Waals surface area contributed by atoms with Crippen molar-refractivity contribution in [1.82, 2.24) is 5.32 Å². The van der Waals surface area contributed by atoms with Crippen LogP contribution < -0.4 is 11.1 Å². The van der Waals surface area contributed by atoms with Crippen LogP contribution in [0.5, 0.6) is 0 Å². The Kier molecular flexibility index (Phi) is 5.35. The van der Waals surface area contributed by atoms with Gasteiger partial charge in [-0.1, -0.05) is 24.3 Å². The molecule has 1 aliphatic rings. The molecule has 0 saturated carbocycles. The Morgan fingerprint density at radius 2 is 2.16 bits per heavy atom. The Balaban J connectivity index is 0.00000180. The molecule has 19 heavy (non-hydrogen) atoms. The highest BCUT2D eigenvalue weighted by molar-refractivity contribution is 5.85. The molecule has 0 bridgehead atoms. The summed E-state index contributed by atoms with van der Waals surface area (Å²) in [6.07, 6.45) is 0.348. The van der Waals surface area contributed by atoms with E-state index < -0.39 is 11.6 Å². The van der Waals surface area contributed by atoms with E-state index in [0.29, 0.717) is 13.2 Å². The average molecular weight is 285 g/mol. The fourth-order valence-electron chi connectivity index (χ4n) is 2.06. The molecule has 1 heterocycles. The summed E-state index contributed by atoms with van der Waals surface area (Å²) in [7, 11) is 0. The molecule has 106 valence electrons. The first-order valence-corrected chi connectivity index (χ1v) is 6.25. The Labute approximate surface area is 120 Å². The highest BCUT2D eigenvalue weighted by Crippen LogP contribution is 2.27. The van der Waals surface area contributed by atoms with Crippen LogP contribution in [0.25, 0.3) is 0 Å². The zero-order valence-electron chi connectivity index (χ0n) is 11.3. The number of rotatable bonds is 3. The molecule has 4 nitrogen and oxygen atoms in total. The average Bonchev–Trinajstić information content (AvgIpc) is 2.37. The van der Waals surface area contributed by atoms with Crippen LogP contribution >= 0.6 is 12.4 Å². The highest BCUT2D eigenvalue weighted by Gasteiger charge is 2.30. The summed E-state index contributed by atoms with van der Waals surface area (Å²) in [6.45, 7) is 4.78. The molecule has 1 unspecified atom stereocenters. The fourth-order valence-corrected chi connectivity index (χ4v) is 2.06. The highest BCUT2D eigenvalue weighted by atomic mass is 35.5. The van der Waals surface area contributed by atoms with Gasteiger partial charge in [-0.3, -0.25) is 4.79 Å². The molecule has 2 rings (SSSR count). The number of fused-ring (bicyclic) bond motifs is 1. The van der Waals surface area contributed by atoms with Gasteiger partial charge in [-0.25, -0.2) is 0 Å². The predicted molar refractivity (Wildman–Crippen MR) is 77.4 cm³/mol. The summed E-state index contributed by atoms with van der Waals surface area (Å²) >= 11 is 0. The number of halogens is 1. The number of ether oxygens (including phenoxy) is 1. The normalized spacial score (nSPS) is 18.2. The number of amides is 1. The standard InChI is InChI=1S/C14H20N2O2.ClH/c1-14(2,9-15)16-13(17)12-11-6-4-3-5-10(11)7-8-18-12;/h3-6,12H,7-9,15H2,1-2H3,(H,16,17);1H. The van der Waals surface area contributed by atoms with Gasteiger partial charge >= 0.3 is 0 Å². The summed E-state index contributed by atoms with van der Waals surface area (Å²) in [4.78, 5) is 12.2. The van der Waals surface area contributed by atoms with Crippen molar-refractivity contribution < 1.29 is 9.53 Å². The van der Waals surface area contributed by atoms with E-state index in [0.717, 1.165) is 12.0 Å². The van der Waals surface area contributed by atoms with Crippen molar-refractivity contribution in [2.24, 2.45) is 5.73 Å². The third kappa shape index (κ3) is 3.69. The van der Waals surface area contributed by atoms with Crippen LogP contribution in [0, 0.1) is 0 Å². The lowest BCUT2D eigenvalue weighted by molar-refractivity contribution is -0.135. The lowest BCUT2D eigenvalue weighted by Gasteiger charge is -2.30. The molecule has 0 radical (unpaired) electrons. The van der Waals surface area contributed by atoms with Crippen molar-refractivity contribution in [3.05, 3.63) is 35.4 Å². The number of carbonyl (C=O) groups excluding carboxylic acids is 1. The van der Waals surface area contributed by atoms with Gasteiger partial charge in [0.25, 0.3) is 5.91 Å². The van der Waals surface area contributed by atoms with Crippen LogP contribution in [-0.2, 0) is 16.0 Å². The number of nitrogens with one attached hydrogen (secondary N) is 1. The van der Waals surface area contributed by atoms with Gasteiger partial charge in [0.2, 0.25) is 0 Å². The minimum absolute atomic E-state index is 0. The molecule has 0 aromatic heterocycles. The number of nitrogens with two attached hydrogens (primary N) is 1. The molecule has 1 aliphatic heterocycles. The largest absolute Gasteiger partial charge is 0.363 e. The van der Waals surface area contributed by atoms with Crippen LogP contribution in [0.2, 0.25) is 0 Å². The molecule has 0 fully saturated rings. The summed E-state index contributed by atoms with van der Waals surface area (Å²) in [5.74, 6) is -0.113. The van der Waals surface area contributed by atoms with Crippen molar-refractivity contribution in [3.63, 3.8) is 0 Å². The summed E-state index contributed by atoms with van der Waals surface area (Å²) in [6, 6.07) is 7.92. The Hall–Kier alpha value is -1.10. The van der Waals surface area contributed by atoms with Crippen molar-refractivity contribution in [1.29, 1.82) is 0 Å². The van der Waals surface area contributed by atoms with E-state index in [2.05, 4.69) is 5.32 Å². The number of benzene rings is 1. The summed E-state index contributed by atoms with van der Waals surface area (Å²) < 4.78 is 5.60. The Bertz CT molecular complexity index is 449. The van der Waals surface area contributed by atoms with E-state index in [4.69, 9.17) is 10.5 Å². The first-order chi connectivity index (χ1) is 8.53. The third-order valence-corrected chi connectivity index (χ3v) is 3.20. The zero-order valence-corrected chi connectivity index (χ0v) is 12.1. The van der Waals surface area contributed by atoms with Crippen molar-refractivity contribution in [3.8, 4) is 0 Å². The maximum Gasteiger partial charge on any atom is 0.254 e. The van der Waals surface area contributed by atoms with Crippen molar-refractivity contribution in [2.45, 2.75) is 31.9 Å². The maximum absolute atomic E-state index is 12.2. The number of carbonyl (C=O) groups is 1. The van der Waals surface area contributed by atoms with Crippen LogP contribution in [0.3, 0.4) is 0 Å². The molecule has 0 saturated heterocycles. The van der Waals surface area contributed by atoms with E-state index in [1.54, 1.807) is 0 Å². The van der Waals surface area contributed by atoms with Gasteiger partial charge in [0.15, 0.2) is 6.10 Å². The number of hydrogen-bond acceptors (Lipinski definition) is 3. The van der Waals surface area contributed by atoms with E-state index in [1.807, 2.05) is 38.1 Å². The Morgan fingerprint density at radius 1 is 1.47 bits per heavy atom. The van der Waals surface area contributed by atoms with Gasteiger partial charge in [0.1, 0.15) is 0 Å². The molecule has 0 spiro atoms. The van der Waals surface area contributed by atoms with E-state index in [-0.39, 0.29) is 18.3 Å².